The quantitative estimate of drug-likeness (QED) is 0.468. The van der Waals surface area contributed by atoms with Gasteiger partial charge in [0, 0.05) is 26.2 Å². The van der Waals surface area contributed by atoms with E-state index in [-0.39, 0.29) is 15.8 Å². The van der Waals surface area contributed by atoms with Crippen LogP contribution in [0.5, 0.6) is 5.75 Å². The van der Waals surface area contributed by atoms with E-state index in [1.807, 2.05) is 0 Å². The standard InChI is InChI=1S/C22H26N4O5S2/c1-30-20-6-3-2-5-19(20)24-33(28,29)16-7-8-18-17(15-16)21(27)26(22(32)23-18)10-4-9-25-11-13-31-14-12-25/h2-3,5-8,15,24H,4,9-14H2,1H3,(H,23,32). The summed E-state index contributed by atoms with van der Waals surface area (Å²) in [5.74, 6) is 0.397. The van der Waals surface area contributed by atoms with E-state index >= 15 is 0 Å². The predicted octanol–water partition coefficient (Wildman–Crippen LogP) is 2.59. The van der Waals surface area contributed by atoms with Crippen LogP contribution in [0.1, 0.15) is 6.42 Å². The first-order chi connectivity index (χ1) is 15.9. The third-order valence-electron chi connectivity index (χ3n) is 5.57. The summed E-state index contributed by atoms with van der Waals surface area (Å²) >= 11 is 5.39. The zero-order chi connectivity index (χ0) is 23.4. The number of anilines is 1. The van der Waals surface area contributed by atoms with Gasteiger partial charge in [0.25, 0.3) is 15.6 Å². The molecule has 4 rings (SSSR count). The molecule has 33 heavy (non-hydrogen) atoms. The molecule has 0 aliphatic carbocycles. The van der Waals surface area contributed by atoms with E-state index in [2.05, 4.69) is 14.6 Å². The van der Waals surface area contributed by atoms with Gasteiger partial charge in [-0.25, -0.2) is 8.42 Å². The van der Waals surface area contributed by atoms with Crippen LogP contribution < -0.4 is 15.0 Å². The molecule has 11 heteroatoms. The number of nitrogens with zero attached hydrogens (tertiary/aromatic N) is 2. The lowest BCUT2D eigenvalue weighted by molar-refractivity contribution is 0.0369. The summed E-state index contributed by atoms with van der Waals surface area (Å²) in [6, 6.07) is 11.1. The topological polar surface area (TPSA) is 106 Å². The molecule has 1 fully saturated rings. The number of ether oxygens (including phenoxy) is 2. The summed E-state index contributed by atoms with van der Waals surface area (Å²) in [6.45, 7) is 4.46. The van der Waals surface area contributed by atoms with Gasteiger partial charge in [-0.3, -0.25) is 19.0 Å². The molecule has 2 N–H and O–H groups in total. The lowest BCUT2D eigenvalue weighted by Crippen LogP contribution is -2.37. The summed E-state index contributed by atoms with van der Waals surface area (Å²) in [6.07, 6.45) is 0.746. The average molecular weight is 491 g/mol. The summed E-state index contributed by atoms with van der Waals surface area (Å²) in [5, 5.41) is 0.262. The Morgan fingerprint density at radius 2 is 1.91 bits per heavy atom. The number of H-pyrrole nitrogens is 1. The molecule has 0 spiro atoms. The maximum Gasteiger partial charge on any atom is 0.262 e. The molecule has 1 aliphatic rings. The Balaban J connectivity index is 1.60. The fourth-order valence-corrected chi connectivity index (χ4v) is 5.19. The second-order valence-electron chi connectivity index (χ2n) is 7.71. The first kappa shape index (κ1) is 23.4. The number of rotatable bonds is 8. The van der Waals surface area contributed by atoms with Crippen molar-refractivity contribution in [1.29, 1.82) is 0 Å². The van der Waals surface area contributed by atoms with Crippen molar-refractivity contribution in [2.45, 2.75) is 17.9 Å². The largest absolute Gasteiger partial charge is 0.495 e. The van der Waals surface area contributed by atoms with Crippen molar-refractivity contribution < 1.29 is 17.9 Å². The van der Waals surface area contributed by atoms with Crippen LogP contribution in [0.15, 0.2) is 52.2 Å². The molecule has 0 saturated carbocycles. The predicted molar refractivity (Wildman–Crippen MR) is 129 cm³/mol. The van der Waals surface area contributed by atoms with Crippen molar-refractivity contribution in [2.75, 3.05) is 44.7 Å². The minimum absolute atomic E-state index is 0.0246. The van der Waals surface area contributed by atoms with Gasteiger partial charge in [-0.05, 0) is 49.0 Å². The zero-order valence-corrected chi connectivity index (χ0v) is 19.9. The van der Waals surface area contributed by atoms with Gasteiger partial charge in [0.15, 0.2) is 4.77 Å². The Kier molecular flexibility index (Phi) is 7.13. The Bertz CT molecular complexity index is 1360. The smallest absolute Gasteiger partial charge is 0.262 e. The summed E-state index contributed by atoms with van der Waals surface area (Å²) in [4.78, 5) is 18.5. The van der Waals surface area contributed by atoms with Gasteiger partial charge < -0.3 is 14.5 Å². The van der Waals surface area contributed by atoms with Crippen molar-refractivity contribution in [3.8, 4) is 5.75 Å². The molecular weight excluding hydrogens is 464 g/mol. The van der Waals surface area contributed by atoms with Crippen LogP contribution in [0.3, 0.4) is 0 Å². The maximum absolute atomic E-state index is 13.2. The van der Waals surface area contributed by atoms with Crippen LogP contribution in [0.4, 0.5) is 5.69 Å². The number of morpholine rings is 1. The number of methoxy groups -OCH3 is 1. The number of aromatic amines is 1. The van der Waals surface area contributed by atoms with Gasteiger partial charge in [0.2, 0.25) is 0 Å². The SMILES string of the molecule is COc1ccccc1NS(=O)(=O)c1ccc2[nH]c(=S)n(CCCN3CCOCC3)c(=O)c2c1. The van der Waals surface area contributed by atoms with Gasteiger partial charge >= 0.3 is 0 Å². The number of benzene rings is 2. The number of para-hydroxylation sites is 2. The van der Waals surface area contributed by atoms with Crippen molar-refractivity contribution in [2.24, 2.45) is 0 Å². The molecule has 2 aromatic carbocycles. The van der Waals surface area contributed by atoms with Crippen LogP contribution in [-0.2, 0) is 21.3 Å². The fourth-order valence-electron chi connectivity index (χ4n) is 3.81. The van der Waals surface area contributed by atoms with E-state index in [0.29, 0.717) is 28.3 Å². The number of fused-ring (bicyclic) bond motifs is 1. The average Bonchev–Trinajstić information content (AvgIpc) is 2.81. The number of nitrogens with one attached hydrogen (secondary N) is 2. The number of hydrogen-bond donors (Lipinski definition) is 2. The van der Waals surface area contributed by atoms with Crippen LogP contribution >= 0.6 is 12.2 Å². The molecule has 0 unspecified atom stereocenters. The monoisotopic (exact) mass is 490 g/mol. The highest BCUT2D eigenvalue weighted by molar-refractivity contribution is 7.92. The van der Waals surface area contributed by atoms with E-state index in [0.717, 1.165) is 39.3 Å². The maximum atomic E-state index is 13.2. The van der Waals surface area contributed by atoms with Crippen molar-refractivity contribution >= 4 is 38.8 Å². The van der Waals surface area contributed by atoms with Crippen LogP contribution in [0, 0.1) is 4.77 Å². The van der Waals surface area contributed by atoms with Gasteiger partial charge in [-0.1, -0.05) is 12.1 Å². The molecule has 0 radical (unpaired) electrons. The normalized spacial score (nSPS) is 14.9. The molecule has 9 nitrogen and oxygen atoms in total. The highest BCUT2D eigenvalue weighted by atomic mass is 32.2. The summed E-state index contributed by atoms with van der Waals surface area (Å²) in [7, 11) is -2.48. The number of aromatic nitrogens is 2. The van der Waals surface area contributed by atoms with Crippen LogP contribution in [0.25, 0.3) is 10.9 Å². The van der Waals surface area contributed by atoms with E-state index in [1.165, 1.54) is 23.8 Å². The molecule has 1 aliphatic heterocycles. The minimum atomic E-state index is -3.95. The molecule has 0 amide bonds. The second kappa shape index (κ2) is 10.0. The lowest BCUT2D eigenvalue weighted by atomic mass is 10.2. The van der Waals surface area contributed by atoms with Gasteiger partial charge in [-0.2, -0.15) is 0 Å². The minimum Gasteiger partial charge on any atom is -0.495 e. The van der Waals surface area contributed by atoms with Crippen molar-refractivity contribution in [1.82, 2.24) is 14.5 Å². The molecule has 0 atom stereocenters. The second-order valence-corrected chi connectivity index (χ2v) is 9.78. The summed E-state index contributed by atoms with van der Waals surface area (Å²) in [5.41, 5.74) is 0.490. The van der Waals surface area contributed by atoms with Gasteiger partial charge in [0.1, 0.15) is 5.75 Å². The molecule has 3 aromatic rings. The van der Waals surface area contributed by atoms with Crippen molar-refractivity contribution in [3.63, 3.8) is 0 Å². The molecule has 0 bridgehead atoms. The number of sulfonamides is 1. The Hall–Kier alpha value is -2.73. The Morgan fingerprint density at radius 1 is 1.15 bits per heavy atom. The van der Waals surface area contributed by atoms with Crippen molar-refractivity contribution in [3.05, 3.63) is 57.6 Å². The van der Waals surface area contributed by atoms with E-state index < -0.39 is 10.0 Å². The molecule has 176 valence electrons. The van der Waals surface area contributed by atoms with E-state index in [4.69, 9.17) is 21.7 Å². The Morgan fingerprint density at radius 3 is 2.67 bits per heavy atom. The van der Waals surface area contributed by atoms with Crippen LogP contribution in [0.2, 0.25) is 0 Å². The first-order valence-electron chi connectivity index (χ1n) is 10.6. The summed E-state index contributed by atoms with van der Waals surface area (Å²) < 4.78 is 40.9. The molecule has 1 saturated heterocycles. The van der Waals surface area contributed by atoms with Crippen LogP contribution in [-0.4, -0.2) is 62.8 Å². The number of hydrogen-bond acceptors (Lipinski definition) is 7. The molecular formula is C22H26N4O5S2. The van der Waals surface area contributed by atoms with Gasteiger partial charge in [-0.15, -0.1) is 0 Å². The zero-order valence-electron chi connectivity index (χ0n) is 18.2. The molecule has 1 aromatic heterocycles. The fraction of sp³-hybridized carbons (Fsp3) is 0.364. The highest BCUT2D eigenvalue weighted by Gasteiger charge is 2.18. The third-order valence-corrected chi connectivity index (χ3v) is 7.26. The van der Waals surface area contributed by atoms with Gasteiger partial charge in [0.05, 0.1) is 41.8 Å². The van der Waals surface area contributed by atoms with E-state index in [1.54, 1.807) is 30.3 Å². The Labute approximate surface area is 197 Å². The highest BCUT2D eigenvalue weighted by Crippen LogP contribution is 2.26. The lowest BCUT2D eigenvalue weighted by Gasteiger charge is -2.26. The molecule has 2 heterocycles. The third kappa shape index (κ3) is 5.27. The van der Waals surface area contributed by atoms with E-state index in [9.17, 15) is 13.2 Å². The first-order valence-corrected chi connectivity index (χ1v) is 12.5.